The topological polar surface area (TPSA) is 15.8 Å². The molecule has 0 unspecified atom stereocenters. The SMILES string of the molecule is CCCCCCCCCCCCc1ccc(-c2ccc3c(c2)[nH]c2ccccc23)cc1. The zero-order valence-electron chi connectivity index (χ0n) is 19.1. The van der Waals surface area contributed by atoms with E-state index in [4.69, 9.17) is 0 Å². The van der Waals surface area contributed by atoms with Crippen molar-refractivity contribution in [2.24, 2.45) is 0 Å². The van der Waals surface area contributed by atoms with Crippen molar-refractivity contribution >= 4 is 21.8 Å². The summed E-state index contributed by atoms with van der Waals surface area (Å²) in [6.45, 7) is 2.29. The number of aromatic nitrogens is 1. The summed E-state index contributed by atoms with van der Waals surface area (Å²) in [5.74, 6) is 0. The van der Waals surface area contributed by atoms with Crippen molar-refractivity contribution in [2.45, 2.75) is 77.6 Å². The van der Waals surface area contributed by atoms with Crippen LogP contribution in [0, 0.1) is 0 Å². The molecule has 0 radical (unpaired) electrons. The molecule has 0 aliphatic rings. The molecule has 1 aromatic heterocycles. The number of para-hydroxylation sites is 1. The molecule has 0 saturated heterocycles. The Morgan fingerprint density at radius 3 is 1.90 bits per heavy atom. The van der Waals surface area contributed by atoms with Crippen LogP contribution in [0.5, 0.6) is 0 Å². The average molecular weight is 412 g/mol. The van der Waals surface area contributed by atoms with Crippen LogP contribution in [-0.4, -0.2) is 4.98 Å². The summed E-state index contributed by atoms with van der Waals surface area (Å²) in [6, 6.07) is 24.5. The highest BCUT2D eigenvalue weighted by Gasteiger charge is 2.06. The maximum absolute atomic E-state index is 3.56. The Labute approximate surface area is 187 Å². The van der Waals surface area contributed by atoms with Crippen molar-refractivity contribution in [1.29, 1.82) is 0 Å². The molecule has 1 N–H and O–H groups in total. The smallest absolute Gasteiger partial charge is 0.0471 e. The van der Waals surface area contributed by atoms with E-state index in [1.54, 1.807) is 0 Å². The Kier molecular flexibility index (Phi) is 7.82. The van der Waals surface area contributed by atoms with Crippen LogP contribution in [-0.2, 0) is 6.42 Å². The molecule has 0 amide bonds. The number of hydrogen-bond acceptors (Lipinski definition) is 0. The van der Waals surface area contributed by atoms with E-state index in [0.717, 1.165) is 0 Å². The van der Waals surface area contributed by atoms with Gasteiger partial charge in [-0.1, -0.05) is 119 Å². The Morgan fingerprint density at radius 1 is 0.548 bits per heavy atom. The predicted octanol–water partition coefficient (Wildman–Crippen LogP) is 9.45. The van der Waals surface area contributed by atoms with E-state index < -0.39 is 0 Å². The Hall–Kier alpha value is -2.54. The van der Waals surface area contributed by atoms with Gasteiger partial charge in [0.25, 0.3) is 0 Å². The summed E-state index contributed by atoms with van der Waals surface area (Å²) in [4.78, 5) is 3.56. The van der Waals surface area contributed by atoms with Crippen LogP contribution < -0.4 is 0 Å². The second-order valence-corrected chi connectivity index (χ2v) is 9.06. The Balaban J connectivity index is 1.24. The van der Waals surface area contributed by atoms with E-state index in [0.29, 0.717) is 0 Å². The largest absolute Gasteiger partial charge is 0.354 e. The minimum Gasteiger partial charge on any atom is -0.354 e. The third kappa shape index (κ3) is 5.79. The first kappa shape index (κ1) is 21.7. The molecule has 4 rings (SSSR count). The molecule has 0 bridgehead atoms. The number of H-pyrrole nitrogens is 1. The highest BCUT2D eigenvalue weighted by atomic mass is 14.7. The second kappa shape index (κ2) is 11.2. The lowest BCUT2D eigenvalue weighted by atomic mass is 9.99. The third-order valence-corrected chi connectivity index (χ3v) is 6.61. The summed E-state index contributed by atoms with van der Waals surface area (Å²) in [7, 11) is 0. The molecule has 1 heteroatoms. The van der Waals surface area contributed by atoms with E-state index in [-0.39, 0.29) is 0 Å². The zero-order valence-corrected chi connectivity index (χ0v) is 19.1. The van der Waals surface area contributed by atoms with Gasteiger partial charge >= 0.3 is 0 Å². The molecule has 1 nitrogen and oxygen atoms in total. The Morgan fingerprint density at radius 2 is 1.16 bits per heavy atom. The molecule has 0 aliphatic carbocycles. The molecule has 4 aromatic rings. The fraction of sp³-hybridized carbons (Fsp3) is 0.400. The standard InChI is InChI=1S/C30H37N/c1-2-3-4-5-6-7-8-9-10-11-14-24-17-19-25(20-18-24)26-21-22-28-27-15-12-13-16-29(27)31-30(28)23-26/h12-13,15-23,31H,2-11,14H2,1H3. The maximum Gasteiger partial charge on any atom is 0.0471 e. The van der Waals surface area contributed by atoms with Gasteiger partial charge in [0.15, 0.2) is 0 Å². The summed E-state index contributed by atoms with van der Waals surface area (Å²) >= 11 is 0. The van der Waals surface area contributed by atoms with Gasteiger partial charge in [-0.15, -0.1) is 0 Å². The monoisotopic (exact) mass is 411 g/mol. The van der Waals surface area contributed by atoms with Crippen LogP contribution in [0.4, 0.5) is 0 Å². The normalized spacial score (nSPS) is 11.5. The van der Waals surface area contributed by atoms with E-state index in [1.165, 1.54) is 109 Å². The van der Waals surface area contributed by atoms with Gasteiger partial charge in [-0.2, -0.15) is 0 Å². The highest BCUT2D eigenvalue weighted by Crippen LogP contribution is 2.29. The van der Waals surface area contributed by atoms with E-state index >= 15 is 0 Å². The Bertz CT molecular complexity index is 1070. The number of fused-ring (bicyclic) bond motifs is 3. The lowest BCUT2D eigenvalue weighted by Gasteiger charge is -2.06. The number of aryl methyl sites for hydroxylation is 1. The minimum absolute atomic E-state index is 1.21. The van der Waals surface area contributed by atoms with Crippen molar-refractivity contribution in [3.8, 4) is 11.1 Å². The molecule has 0 spiro atoms. The van der Waals surface area contributed by atoms with Gasteiger partial charge in [-0.25, -0.2) is 0 Å². The van der Waals surface area contributed by atoms with Crippen LogP contribution in [0.3, 0.4) is 0 Å². The summed E-state index contributed by atoms with van der Waals surface area (Å²) in [6.07, 6.45) is 15.2. The van der Waals surface area contributed by atoms with Gasteiger partial charge in [0, 0.05) is 21.8 Å². The molecule has 0 aliphatic heterocycles. The average Bonchev–Trinajstić information content (AvgIpc) is 3.18. The fourth-order valence-corrected chi connectivity index (χ4v) is 4.71. The molecule has 3 aromatic carbocycles. The minimum atomic E-state index is 1.21. The van der Waals surface area contributed by atoms with Crippen LogP contribution in [0.15, 0.2) is 66.7 Å². The first-order valence-corrected chi connectivity index (χ1v) is 12.4. The predicted molar refractivity (Wildman–Crippen MR) is 137 cm³/mol. The lowest BCUT2D eigenvalue weighted by Crippen LogP contribution is -1.87. The second-order valence-electron chi connectivity index (χ2n) is 9.06. The van der Waals surface area contributed by atoms with E-state index in [9.17, 15) is 0 Å². The highest BCUT2D eigenvalue weighted by molar-refractivity contribution is 6.08. The van der Waals surface area contributed by atoms with Crippen molar-refractivity contribution < 1.29 is 0 Å². The van der Waals surface area contributed by atoms with Crippen LogP contribution >= 0.6 is 0 Å². The van der Waals surface area contributed by atoms with Crippen LogP contribution in [0.2, 0.25) is 0 Å². The number of unbranched alkanes of at least 4 members (excludes halogenated alkanes) is 9. The molecule has 31 heavy (non-hydrogen) atoms. The molecule has 1 heterocycles. The number of hydrogen-bond donors (Lipinski definition) is 1. The first-order chi connectivity index (χ1) is 15.3. The van der Waals surface area contributed by atoms with Crippen molar-refractivity contribution in [1.82, 2.24) is 4.98 Å². The zero-order chi connectivity index (χ0) is 21.3. The van der Waals surface area contributed by atoms with Gasteiger partial charge in [-0.3, -0.25) is 0 Å². The number of benzene rings is 3. The summed E-state index contributed by atoms with van der Waals surface area (Å²) in [5, 5.41) is 2.60. The van der Waals surface area contributed by atoms with E-state index in [1.807, 2.05) is 0 Å². The molecular weight excluding hydrogens is 374 g/mol. The molecule has 162 valence electrons. The quantitative estimate of drug-likeness (QED) is 0.223. The number of nitrogens with one attached hydrogen (secondary N) is 1. The molecular formula is C30H37N. The van der Waals surface area contributed by atoms with Gasteiger partial charge in [0.1, 0.15) is 0 Å². The van der Waals surface area contributed by atoms with Crippen molar-refractivity contribution in [3.63, 3.8) is 0 Å². The third-order valence-electron chi connectivity index (χ3n) is 6.61. The summed E-state index contributed by atoms with van der Waals surface area (Å²) < 4.78 is 0. The van der Waals surface area contributed by atoms with Crippen LogP contribution in [0.25, 0.3) is 32.9 Å². The molecule has 0 atom stereocenters. The number of rotatable bonds is 12. The lowest BCUT2D eigenvalue weighted by molar-refractivity contribution is 0.556. The first-order valence-electron chi connectivity index (χ1n) is 12.4. The molecule has 0 saturated carbocycles. The van der Waals surface area contributed by atoms with Crippen molar-refractivity contribution in [2.75, 3.05) is 0 Å². The van der Waals surface area contributed by atoms with Gasteiger partial charge < -0.3 is 4.98 Å². The molecule has 0 fully saturated rings. The summed E-state index contributed by atoms with van der Waals surface area (Å²) in [5.41, 5.74) is 6.47. The maximum atomic E-state index is 3.56. The fourth-order valence-electron chi connectivity index (χ4n) is 4.71. The number of aromatic amines is 1. The van der Waals surface area contributed by atoms with Gasteiger partial charge in [0.05, 0.1) is 0 Å². The van der Waals surface area contributed by atoms with Gasteiger partial charge in [-0.05, 0) is 41.7 Å². The van der Waals surface area contributed by atoms with E-state index in [2.05, 4.69) is 78.6 Å². The van der Waals surface area contributed by atoms with Gasteiger partial charge in [0.2, 0.25) is 0 Å². The van der Waals surface area contributed by atoms with Crippen molar-refractivity contribution in [3.05, 3.63) is 72.3 Å². The van der Waals surface area contributed by atoms with Crippen LogP contribution in [0.1, 0.15) is 76.7 Å².